The summed E-state index contributed by atoms with van der Waals surface area (Å²) < 4.78 is 5.65. The van der Waals surface area contributed by atoms with Crippen LogP contribution in [0.1, 0.15) is 5.56 Å². The van der Waals surface area contributed by atoms with E-state index in [2.05, 4.69) is 10.5 Å². The van der Waals surface area contributed by atoms with Crippen molar-refractivity contribution in [1.29, 1.82) is 0 Å². The van der Waals surface area contributed by atoms with Crippen molar-refractivity contribution >= 4 is 34.5 Å². The van der Waals surface area contributed by atoms with Gasteiger partial charge in [-0.1, -0.05) is 30.0 Å². The second-order valence-electron chi connectivity index (χ2n) is 2.75. The summed E-state index contributed by atoms with van der Waals surface area (Å²) in [6, 6.07) is 5.01. The van der Waals surface area contributed by atoms with Crippen LogP contribution in [0.4, 0.5) is 0 Å². The predicted octanol–water partition coefficient (Wildman–Crippen LogP) is 1.97. The van der Waals surface area contributed by atoms with E-state index in [0.29, 0.717) is 15.6 Å². The van der Waals surface area contributed by atoms with Crippen LogP contribution in [0.2, 0.25) is 0 Å². The number of thiocarbonyl (C=S) groups is 1. The number of hydrogen-bond acceptors (Lipinski definition) is 5. The maximum atomic E-state index is 9.61. The first-order chi connectivity index (χ1) is 7.69. The molecule has 0 aliphatic carbocycles. The van der Waals surface area contributed by atoms with Crippen molar-refractivity contribution in [2.24, 2.45) is 5.10 Å². The first-order valence-corrected chi connectivity index (χ1v) is 6.05. The molecule has 0 unspecified atom stereocenters. The third-order valence-corrected chi connectivity index (χ3v) is 2.85. The van der Waals surface area contributed by atoms with Crippen LogP contribution in [0.3, 0.4) is 0 Å². The van der Waals surface area contributed by atoms with Gasteiger partial charge in [0.25, 0.3) is 0 Å². The van der Waals surface area contributed by atoms with Gasteiger partial charge >= 0.3 is 0 Å². The van der Waals surface area contributed by atoms with E-state index in [-0.39, 0.29) is 5.75 Å². The molecule has 0 saturated carbocycles. The molecule has 0 heterocycles. The molecule has 0 aliphatic rings. The Labute approximate surface area is 104 Å². The molecule has 16 heavy (non-hydrogen) atoms. The molecule has 0 atom stereocenters. The van der Waals surface area contributed by atoms with Gasteiger partial charge in [-0.3, -0.25) is 5.43 Å². The minimum atomic E-state index is 0.111. The number of nitrogens with one attached hydrogen (secondary N) is 1. The number of aromatic hydroxyl groups is 1. The number of benzene rings is 1. The third kappa shape index (κ3) is 3.39. The fourth-order valence-electron chi connectivity index (χ4n) is 1.04. The highest BCUT2D eigenvalue weighted by Gasteiger charge is 2.04. The summed E-state index contributed by atoms with van der Waals surface area (Å²) in [5.41, 5.74) is 3.17. The van der Waals surface area contributed by atoms with Gasteiger partial charge in [0.1, 0.15) is 11.5 Å². The number of hydrogen-bond donors (Lipinski definition) is 2. The predicted molar refractivity (Wildman–Crippen MR) is 71.5 cm³/mol. The molecule has 1 rings (SSSR count). The Kier molecular flexibility index (Phi) is 5.07. The molecular formula is C10H12N2O2S2. The van der Waals surface area contributed by atoms with E-state index in [1.54, 1.807) is 18.2 Å². The van der Waals surface area contributed by atoms with Gasteiger partial charge in [0.2, 0.25) is 0 Å². The van der Waals surface area contributed by atoms with Crippen LogP contribution in [0, 0.1) is 0 Å². The van der Waals surface area contributed by atoms with Crippen molar-refractivity contribution in [3.05, 3.63) is 23.8 Å². The molecular weight excluding hydrogens is 244 g/mol. The lowest BCUT2D eigenvalue weighted by molar-refractivity contribution is 0.406. The number of rotatable bonds is 3. The molecule has 6 heteroatoms. The summed E-state index contributed by atoms with van der Waals surface area (Å²) in [5.74, 6) is 0.667. The van der Waals surface area contributed by atoms with Gasteiger partial charge in [0, 0.05) is 0 Å². The Balaban J connectivity index is 2.83. The number of methoxy groups -OCH3 is 1. The molecule has 0 spiro atoms. The first kappa shape index (κ1) is 12.8. The number of nitrogens with zero attached hydrogens (tertiary/aromatic N) is 1. The Morgan fingerprint density at radius 3 is 3.00 bits per heavy atom. The molecule has 0 amide bonds. The molecule has 0 bridgehead atoms. The van der Waals surface area contributed by atoms with E-state index < -0.39 is 0 Å². The lowest BCUT2D eigenvalue weighted by atomic mass is 10.2. The third-order valence-electron chi connectivity index (χ3n) is 1.80. The van der Waals surface area contributed by atoms with Crippen molar-refractivity contribution in [3.8, 4) is 11.5 Å². The zero-order valence-corrected chi connectivity index (χ0v) is 10.6. The highest BCUT2D eigenvalue weighted by atomic mass is 32.2. The van der Waals surface area contributed by atoms with Crippen LogP contribution in [0.5, 0.6) is 11.5 Å². The SMILES string of the molecule is COc1cccc(O)c1/C=N/NC(=S)SC. The number of phenols is 1. The molecule has 0 radical (unpaired) electrons. The number of thioether (sulfide) groups is 1. The van der Waals surface area contributed by atoms with Gasteiger partial charge in [-0.05, 0) is 18.4 Å². The van der Waals surface area contributed by atoms with Gasteiger partial charge in [-0.25, -0.2) is 0 Å². The highest BCUT2D eigenvalue weighted by molar-refractivity contribution is 8.22. The first-order valence-electron chi connectivity index (χ1n) is 4.42. The van der Waals surface area contributed by atoms with Gasteiger partial charge in [-0.15, -0.1) is 0 Å². The van der Waals surface area contributed by atoms with Crippen molar-refractivity contribution in [1.82, 2.24) is 5.43 Å². The maximum Gasteiger partial charge on any atom is 0.153 e. The second kappa shape index (κ2) is 6.34. The fraction of sp³-hybridized carbons (Fsp3) is 0.200. The van der Waals surface area contributed by atoms with Gasteiger partial charge in [0.05, 0.1) is 18.9 Å². The summed E-state index contributed by atoms with van der Waals surface area (Å²) in [5, 5.41) is 13.5. The molecule has 2 N–H and O–H groups in total. The maximum absolute atomic E-state index is 9.61. The largest absolute Gasteiger partial charge is 0.507 e. The number of phenolic OH excluding ortho intramolecular Hbond substituents is 1. The Bertz CT molecular complexity index is 408. The molecule has 0 aliphatic heterocycles. The summed E-state index contributed by atoms with van der Waals surface area (Å²) >= 11 is 6.30. The van der Waals surface area contributed by atoms with E-state index in [9.17, 15) is 5.11 Å². The highest BCUT2D eigenvalue weighted by Crippen LogP contribution is 2.24. The monoisotopic (exact) mass is 256 g/mol. The van der Waals surface area contributed by atoms with Crippen LogP contribution < -0.4 is 10.2 Å². The molecule has 86 valence electrons. The van der Waals surface area contributed by atoms with Crippen LogP contribution in [-0.2, 0) is 0 Å². The molecule has 4 nitrogen and oxygen atoms in total. The number of ether oxygens (including phenoxy) is 1. The molecule has 1 aromatic rings. The zero-order chi connectivity index (χ0) is 12.0. The zero-order valence-electron chi connectivity index (χ0n) is 8.93. The Morgan fingerprint density at radius 2 is 2.38 bits per heavy atom. The molecule has 0 fully saturated rings. The van der Waals surface area contributed by atoms with E-state index in [1.165, 1.54) is 25.1 Å². The van der Waals surface area contributed by atoms with Gasteiger partial charge in [0.15, 0.2) is 4.32 Å². The minimum absolute atomic E-state index is 0.111. The normalized spacial score (nSPS) is 10.4. The molecule has 1 aromatic carbocycles. The second-order valence-corrected chi connectivity index (χ2v) is 4.24. The lowest BCUT2D eigenvalue weighted by Crippen LogP contribution is -2.10. The van der Waals surface area contributed by atoms with Crippen molar-refractivity contribution < 1.29 is 9.84 Å². The van der Waals surface area contributed by atoms with Gasteiger partial charge < -0.3 is 9.84 Å². The lowest BCUT2D eigenvalue weighted by Gasteiger charge is -2.05. The van der Waals surface area contributed by atoms with Crippen LogP contribution >= 0.6 is 24.0 Å². The van der Waals surface area contributed by atoms with Crippen LogP contribution in [0.25, 0.3) is 0 Å². The number of hydrazone groups is 1. The minimum Gasteiger partial charge on any atom is -0.507 e. The average Bonchev–Trinajstić information content (AvgIpc) is 2.30. The van der Waals surface area contributed by atoms with E-state index in [1.807, 2.05) is 6.26 Å². The van der Waals surface area contributed by atoms with Crippen molar-refractivity contribution in [3.63, 3.8) is 0 Å². The summed E-state index contributed by atoms with van der Waals surface area (Å²) in [6.07, 6.45) is 3.32. The fourth-order valence-corrected chi connectivity index (χ4v) is 1.23. The average molecular weight is 256 g/mol. The standard InChI is InChI=1S/C10H12N2O2S2/c1-14-9-5-3-4-8(13)7(9)6-11-12-10(15)16-2/h3-6,13H,1-2H3,(H,12,15)/b11-6+. The topological polar surface area (TPSA) is 53.9 Å². The quantitative estimate of drug-likeness (QED) is 0.492. The Hall–Kier alpha value is -1.27. The van der Waals surface area contributed by atoms with E-state index in [0.717, 1.165) is 0 Å². The summed E-state index contributed by atoms with van der Waals surface area (Å²) in [6.45, 7) is 0. The van der Waals surface area contributed by atoms with E-state index >= 15 is 0 Å². The van der Waals surface area contributed by atoms with Crippen LogP contribution in [-0.4, -0.2) is 29.0 Å². The van der Waals surface area contributed by atoms with Crippen molar-refractivity contribution in [2.45, 2.75) is 0 Å². The molecule has 0 aromatic heterocycles. The van der Waals surface area contributed by atoms with Crippen molar-refractivity contribution in [2.75, 3.05) is 13.4 Å². The van der Waals surface area contributed by atoms with E-state index in [4.69, 9.17) is 17.0 Å². The summed E-state index contributed by atoms with van der Waals surface area (Å²) in [7, 11) is 1.53. The smallest absolute Gasteiger partial charge is 0.153 e. The van der Waals surface area contributed by atoms with Gasteiger partial charge in [-0.2, -0.15) is 5.10 Å². The Morgan fingerprint density at radius 1 is 1.62 bits per heavy atom. The summed E-state index contributed by atoms with van der Waals surface area (Å²) in [4.78, 5) is 0. The van der Waals surface area contributed by atoms with Crippen LogP contribution in [0.15, 0.2) is 23.3 Å². The molecule has 0 saturated heterocycles.